The fourth-order valence-corrected chi connectivity index (χ4v) is 4.04. The summed E-state index contributed by atoms with van der Waals surface area (Å²) in [5.74, 6) is -0.681. The summed E-state index contributed by atoms with van der Waals surface area (Å²) in [7, 11) is 0. The van der Waals surface area contributed by atoms with E-state index in [-0.39, 0.29) is 18.0 Å². The number of hydrogen-bond acceptors (Lipinski definition) is 4. The zero-order valence-electron chi connectivity index (χ0n) is 14.3. The molecule has 2 amide bonds. The lowest BCUT2D eigenvalue weighted by Crippen LogP contribution is -2.30. The molecule has 3 aromatic rings. The van der Waals surface area contributed by atoms with Gasteiger partial charge in [0.2, 0.25) is 5.91 Å². The molecule has 0 atom stereocenters. The first-order chi connectivity index (χ1) is 12.4. The van der Waals surface area contributed by atoms with E-state index in [4.69, 9.17) is 5.73 Å². The van der Waals surface area contributed by atoms with Crippen molar-refractivity contribution in [3.63, 3.8) is 0 Å². The Morgan fingerprint density at radius 1 is 1.35 bits per heavy atom. The van der Waals surface area contributed by atoms with Gasteiger partial charge in [0, 0.05) is 34.3 Å². The van der Waals surface area contributed by atoms with Crippen LogP contribution in [0.25, 0.3) is 21.3 Å². The van der Waals surface area contributed by atoms with Crippen molar-refractivity contribution >= 4 is 33.9 Å². The highest BCUT2D eigenvalue weighted by Crippen LogP contribution is 2.34. The van der Waals surface area contributed by atoms with E-state index in [0.717, 1.165) is 32.6 Å². The number of fused-ring (bicyclic) bond motifs is 3. The number of nitrogens with zero attached hydrogens (tertiary/aromatic N) is 2. The van der Waals surface area contributed by atoms with Crippen LogP contribution in [-0.2, 0) is 11.3 Å². The largest absolute Gasteiger partial charge is 0.366 e. The molecule has 26 heavy (non-hydrogen) atoms. The van der Waals surface area contributed by atoms with Crippen LogP contribution in [0.1, 0.15) is 21.6 Å². The predicted octanol–water partition coefficient (Wildman–Crippen LogP) is 3.27. The molecule has 2 heterocycles. The zero-order chi connectivity index (χ0) is 18.4. The maximum absolute atomic E-state index is 12.7. The van der Waals surface area contributed by atoms with Gasteiger partial charge in [-0.1, -0.05) is 24.8 Å². The van der Waals surface area contributed by atoms with Gasteiger partial charge in [0.1, 0.15) is 5.01 Å². The first-order valence-electron chi connectivity index (χ1n) is 8.19. The molecule has 1 aliphatic heterocycles. The summed E-state index contributed by atoms with van der Waals surface area (Å²) in [4.78, 5) is 30.1. The number of hydrogen-bond donors (Lipinski definition) is 1. The Balaban J connectivity index is 1.77. The maximum Gasteiger partial charge on any atom is 0.254 e. The Kier molecular flexibility index (Phi) is 3.85. The second-order valence-electron chi connectivity index (χ2n) is 6.45. The summed E-state index contributed by atoms with van der Waals surface area (Å²) in [5, 5.41) is 5.10. The standard InChI is InChI=1S/C20H17N3O2S/c1-11(18(21)24)8-23-9-17-15(20(23)25)6-5-13-3-4-14(7-16(13)17)19-22-12(2)10-26-19/h3-7,10H,1,8-9H2,2H3,(H2,21,24). The second kappa shape index (κ2) is 6.07. The smallest absolute Gasteiger partial charge is 0.254 e. The normalized spacial score (nSPS) is 13.3. The Labute approximate surface area is 154 Å². The topological polar surface area (TPSA) is 76.3 Å². The van der Waals surface area contributed by atoms with Gasteiger partial charge in [-0.05, 0) is 35.4 Å². The minimum absolute atomic E-state index is 0.0974. The van der Waals surface area contributed by atoms with E-state index in [0.29, 0.717) is 12.1 Å². The van der Waals surface area contributed by atoms with Gasteiger partial charge in [-0.15, -0.1) is 11.3 Å². The van der Waals surface area contributed by atoms with E-state index in [2.05, 4.69) is 29.8 Å². The molecule has 0 radical (unpaired) electrons. The highest BCUT2D eigenvalue weighted by Gasteiger charge is 2.29. The number of rotatable bonds is 4. The molecule has 6 heteroatoms. The lowest BCUT2D eigenvalue weighted by atomic mass is 9.99. The molecule has 130 valence electrons. The Morgan fingerprint density at radius 3 is 2.81 bits per heavy atom. The summed E-state index contributed by atoms with van der Waals surface area (Å²) in [5.41, 5.74) is 9.16. The monoisotopic (exact) mass is 363 g/mol. The molecular formula is C20H17N3O2S. The third kappa shape index (κ3) is 2.68. The molecule has 0 fully saturated rings. The maximum atomic E-state index is 12.7. The van der Waals surface area contributed by atoms with Crippen LogP contribution in [0.4, 0.5) is 0 Å². The molecule has 5 nitrogen and oxygen atoms in total. The fourth-order valence-electron chi connectivity index (χ4n) is 3.24. The van der Waals surface area contributed by atoms with Crippen molar-refractivity contribution in [2.45, 2.75) is 13.5 Å². The van der Waals surface area contributed by atoms with E-state index in [1.54, 1.807) is 16.2 Å². The quantitative estimate of drug-likeness (QED) is 0.723. The second-order valence-corrected chi connectivity index (χ2v) is 7.31. The average Bonchev–Trinajstić information content (AvgIpc) is 3.19. The van der Waals surface area contributed by atoms with Gasteiger partial charge in [-0.3, -0.25) is 9.59 Å². The highest BCUT2D eigenvalue weighted by atomic mass is 32.1. The summed E-state index contributed by atoms with van der Waals surface area (Å²) in [6, 6.07) is 10.00. The first-order valence-corrected chi connectivity index (χ1v) is 9.07. The number of aromatic nitrogens is 1. The van der Waals surface area contributed by atoms with Gasteiger partial charge >= 0.3 is 0 Å². The number of benzene rings is 2. The number of carbonyl (C=O) groups is 2. The molecule has 2 N–H and O–H groups in total. The lowest BCUT2D eigenvalue weighted by Gasteiger charge is -2.15. The molecule has 0 unspecified atom stereocenters. The van der Waals surface area contributed by atoms with Crippen LogP contribution in [-0.4, -0.2) is 28.2 Å². The van der Waals surface area contributed by atoms with Crippen LogP contribution in [0.15, 0.2) is 47.9 Å². The van der Waals surface area contributed by atoms with Gasteiger partial charge in [-0.25, -0.2) is 4.98 Å². The van der Waals surface area contributed by atoms with E-state index in [9.17, 15) is 9.59 Å². The molecule has 0 bridgehead atoms. The van der Waals surface area contributed by atoms with Crippen molar-refractivity contribution in [3.05, 3.63) is 64.7 Å². The van der Waals surface area contributed by atoms with Gasteiger partial charge < -0.3 is 10.6 Å². The lowest BCUT2D eigenvalue weighted by molar-refractivity contribution is -0.114. The number of thiazole rings is 1. The minimum atomic E-state index is -0.583. The van der Waals surface area contributed by atoms with Gasteiger partial charge in [0.25, 0.3) is 5.91 Å². The van der Waals surface area contributed by atoms with Crippen molar-refractivity contribution in [3.8, 4) is 10.6 Å². The summed E-state index contributed by atoms with van der Waals surface area (Å²) in [6.45, 7) is 6.22. The SMILES string of the molecule is C=C(CN1Cc2c(ccc3ccc(-c4nc(C)cs4)cc23)C1=O)C(N)=O. The van der Waals surface area contributed by atoms with Crippen molar-refractivity contribution in [1.29, 1.82) is 0 Å². The van der Waals surface area contributed by atoms with Crippen LogP contribution >= 0.6 is 11.3 Å². The Bertz CT molecular complexity index is 1080. The molecule has 2 aromatic carbocycles. The molecule has 0 saturated carbocycles. The van der Waals surface area contributed by atoms with Crippen LogP contribution in [0, 0.1) is 6.92 Å². The molecule has 0 saturated heterocycles. The molecule has 1 aromatic heterocycles. The van der Waals surface area contributed by atoms with Crippen molar-refractivity contribution in [2.24, 2.45) is 5.73 Å². The highest BCUT2D eigenvalue weighted by molar-refractivity contribution is 7.13. The Hall–Kier alpha value is -2.99. The number of aryl methyl sites for hydroxylation is 1. The van der Waals surface area contributed by atoms with Crippen LogP contribution in [0.5, 0.6) is 0 Å². The number of nitrogens with two attached hydrogens (primary N) is 1. The van der Waals surface area contributed by atoms with Crippen molar-refractivity contribution in [2.75, 3.05) is 6.54 Å². The number of amides is 2. The summed E-state index contributed by atoms with van der Waals surface area (Å²) < 4.78 is 0. The third-order valence-electron chi connectivity index (χ3n) is 4.60. The molecule has 4 rings (SSSR count). The molecule has 1 aliphatic rings. The van der Waals surface area contributed by atoms with E-state index in [1.807, 2.05) is 24.4 Å². The van der Waals surface area contributed by atoms with Gasteiger partial charge in [0.15, 0.2) is 0 Å². The number of carbonyl (C=O) groups excluding carboxylic acids is 2. The van der Waals surface area contributed by atoms with E-state index in [1.165, 1.54) is 0 Å². The number of primary amides is 1. The third-order valence-corrected chi connectivity index (χ3v) is 5.61. The Morgan fingerprint density at radius 2 is 2.12 bits per heavy atom. The summed E-state index contributed by atoms with van der Waals surface area (Å²) in [6.07, 6.45) is 0. The van der Waals surface area contributed by atoms with Crippen LogP contribution in [0.2, 0.25) is 0 Å². The van der Waals surface area contributed by atoms with Crippen molar-refractivity contribution < 1.29 is 9.59 Å². The van der Waals surface area contributed by atoms with Crippen LogP contribution in [0.3, 0.4) is 0 Å². The van der Waals surface area contributed by atoms with Gasteiger partial charge in [0.05, 0.1) is 6.54 Å². The van der Waals surface area contributed by atoms with E-state index < -0.39 is 5.91 Å². The molecule has 0 aliphatic carbocycles. The fraction of sp³-hybridized carbons (Fsp3) is 0.150. The first kappa shape index (κ1) is 16.5. The van der Waals surface area contributed by atoms with Crippen LogP contribution < -0.4 is 5.73 Å². The minimum Gasteiger partial charge on any atom is -0.366 e. The molecule has 0 spiro atoms. The predicted molar refractivity (Wildman–Crippen MR) is 103 cm³/mol. The summed E-state index contributed by atoms with van der Waals surface area (Å²) >= 11 is 1.61. The van der Waals surface area contributed by atoms with Crippen molar-refractivity contribution in [1.82, 2.24) is 9.88 Å². The average molecular weight is 363 g/mol. The zero-order valence-corrected chi connectivity index (χ0v) is 15.1. The van der Waals surface area contributed by atoms with Gasteiger partial charge in [-0.2, -0.15) is 0 Å². The van der Waals surface area contributed by atoms with E-state index >= 15 is 0 Å². The molecular weight excluding hydrogens is 346 g/mol.